The maximum Gasteiger partial charge on any atom is 0.127 e. The van der Waals surface area contributed by atoms with Crippen LogP contribution in [0.15, 0.2) is 24.3 Å². The highest BCUT2D eigenvalue weighted by Crippen LogP contribution is 2.40. The Bertz CT molecular complexity index is 583. The first kappa shape index (κ1) is 13.2. The number of piperidine rings is 1. The molecule has 0 bridgehead atoms. The monoisotopic (exact) mass is 295 g/mol. The smallest absolute Gasteiger partial charge is 0.127 e. The topological polar surface area (TPSA) is 12.5 Å². The van der Waals surface area contributed by atoms with E-state index in [-0.39, 0.29) is 0 Å². The number of thiophene rings is 1. The number of rotatable bonds is 2. The maximum atomic E-state index is 6.16. The SMILES string of the molecule is COc1cccc2sc([C@@H]3CCN(Cl)[C@H](C)C3)cc12. The van der Waals surface area contributed by atoms with Gasteiger partial charge >= 0.3 is 0 Å². The summed E-state index contributed by atoms with van der Waals surface area (Å²) in [6.45, 7) is 3.17. The summed E-state index contributed by atoms with van der Waals surface area (Å²) in [5, 5.41) is 1.24. The average Bonchev–Trinajstić information content (AvgIpc) is 2.85. The predicted molar refractivity (Wildman–Crippen MR) is 82.4 cm³/mol. The molecule has 2 aromatic rings. The third kappa shape index (κ3) is 2.47. The average molecular weight is 296 g/mol. The van der Waals surface area contributed by atoms with Gasteiger partial charge in [0.15, 0.2) is 0 Å². The molecule has 3 rings (SSSR count). The molecule has 4 heteroatoms. The minimum Gasteiger partial charge on any atom is -0.496 e. The van der Waals surface area contributed by atoms with Gasteiger partial charge in [-0.2, -0.15) is 0 Å². The summed E-state index contributed by atoms with van der Waals surface area (Å²) in [6, 6.07) is 9.02. The molecule has 0 radical (unpaired) electrons. The van der Waals surface area contributed by atoms with Crippen LogP contribution in [0.2, 0.25) is 0 Å². The molecule has 1 aromatic heterocycles. The number of nitrogens with zero attached hydrogens (tertiary/aromatic N) is 1. The Hall–Kier alpha value is -0.770. The zero-order valence-electron chi connectivity index (χ0n) is 11.2. The summed E-state index contributed by atoms with van der Waals surface area (Å²) < 4.78 is 8.69. The molecule has 1 aliphatic rings. The number of hydrogen-bond donors (Lipinski definition) is 0. The van der Waals surface area contributed by atoms with E-state index in [1.54, 1.807) is 7.11 Å². The third-order valence-corrected chi connectivity index (χ3v) is 5.72. The number of fused-ring (bicyclic) bond motifs is 1. The van der Waals surface area contributed by atoms with E-state index in [9.17, 15) is 0 Å². The molecule has 0 unspecified atom stereocenters. The van der Waals surface area contributed by atoms with E-state index in [1.807, 2.05) is 21.8 Å². The van der Waals surface area contributed by atoms with Crippen LogP contribution >= 0.6 is 23.1 Å². The molecule has 1 aromatic carbocycles. The van der Waals surface area contributed by atoms with Crippen LogP contribution in [0.1, 0.15) is 30.6 Å². The van der Waals surface area contributed by atoms with E-state index >= 15 is 0 Å². The Morgan fingerprint density at radius 3 is 3.00 bits per heavy atom. The van der Waals surface area contributed by atoms with Crippen molar-refractivity contribution < 1.29 is 4.74 Å². The molecule has 19 heavy (non-hydrogen) atoms. The molecule has 1 aliphatic heterocycles. The molecule has 102 valence electrons. The van der Waals surface area contributed by atoms with Crippen molar-refractivity contribution in [1.82, 2.24) is 4.42 Å². The van der Waals surface area contributed by atoms with Crippen LogP contribution in [0.5, 0.6) is 5.75 Å². The highest BCUT2D eigenvalue weighted by molar-refractivity contribution is 7.19. The van der Waals surface area contributed by atoms with Gasteiger partial charge in [0.05, 0.1) is 7.11 Å². The Kier molecular flexibility index (Phi) is 3.70. The predicted octanol–water partition coefficient (Wildman–Crippen LogP) is 4.63. The van der Waals surface area contributed by atoms with Gasteiger partial charge in [0.25, 0.3) is 0 Å². The zero-order chi connectivity index (χ0) is 13.4. The van der Waals surface area contributed by atoms with Crippen molar-refractivity contribution in [2.75, 3.05) is 13.7 Å². The number of benzene rings is 1. The molecule has 2 heterocycles. The van der Waals surface area contributed by atoms with Crippen LogP contribution < -0.4 is 4.74 Å². The standard InChI is InChI=1S/C15H18ClNOS/c1-10-8-11(6-7-17(10)16)15-9-12-13(18-2)4-3-5-14(12)19-15/h3-5,9-11H,6-8H2,1-2H3/t10-,11-/m1/s1. The van der Waals surface area contributed by atoms with Gasteiger partial charge in [0, 0.05) is 27.5 Å². The van der Waals surface area contributed by atoms with Crippen LogP contribution in [-0.2, 0) is 0 Å². The minimum atomic E-state index is 0.451. The number of halogens is 1. The highest BCUT2D eigenvalue weighted by Gasteiger charge is 2.26. The van der Waals surface area contributed by atoms with Crippen molar-refractivity contribution in [3.05, 3.63) is 29.1 Å². The van der Waals surface area contributed by atoms with Gasteiger partial charge in [-0.05, 0) is 55.7 Å². The molecule has 0 spiro atoms. The fourth-order valence-corrected chi connectivity index (χ4v) is 4.24. The summed E-state index contributed by atoms with van der Waals surface area (Å²) in [5.74, 6) is 1.61. The summed E-state index contributed by atoms with van der Waals surface area (Å²) in [7, 11) is 1.74. The Morgan fingerprint density at radius 2 is 2.26 bits per heavy atom. The Morgan fingerprint density at radius 1 is 1.42 bits per heavy atom. The summed E-state index contributed by atoms with van der Waals surface area (Å²) in [6.07, 6.45) is 2.28. The first-order valence-corrected chi connectivity index (χ1v) is 7.83. The first-order chi connectivity index (χ1) is 9.19. The summed E-state index contributed by atoms with van der Waals surface area (Å²) in [4.78, 5) is 1.47. The molecular weight excluding hydrogens is 278 g/mol. The molecule has 0 amide bonds. The molecule has 2 nitrogen and oxygen atoms in total. The third-order valence-electron chi connectivity index (χ3n) is 3.96. The van der Waals surface area contributed by atoms with Gasteiger partial charge < -0.3 is 4.74 Å². The van der Waals surface area contributed by atoms with Gasteiger partial charge in [-0.15, -0.1) is 11.3 Å². The summed E-state index contributed by atoms with van der Waals surface area (Å²) in [5.41, 5.74) is 0. The summed E-state index contributed by atoms with van der Waals surface area (Å²) >= 11 is 8.06. The quantitative estimate of drug-likeness (QED) is 0.749. The highest BCUT2D eigenvalue weighted by atomic mass is 35.5. The lowest BCUT2D eigenvalue weighted by Gasteiger charge is -2.32. The molecule has 0 aliphatic carbocycles. The zero-order valence-corrected chi connectivity index (χ0v) is 12.8. The van der Waals surface area contributed by atoms with E-state index < -0.39 is 0 Å². The molecular formula is C15H18ClNOS. The lowest BCUT2D eigenvalue weighted by atomic mass is 9.92. The second kappa shape index (κ2) is 5.31. The van der Waals surface area contributed by atoms with Crippen molar-refractivity contribution >= 4 is 33.2 Å². The maximum absolute atomic E-state index is 6.16. The van der Waals surface area contributed by atoms with Crippen molar-refractivity contribution in [1.29, 1.82) is 0 Å². The van der Waals surface area contributed by atoms with Crippen molar-refractivity contribution in [3.63, 3.8) is 0 Å². The van der Waals surface area contributed by atoms with Crippen LogP contribution in [0.3, 0.4) is 0 Å². The van der Waals surface area contributed by atoms with Crippen molar-refractivity contribution in [2.45, 2.75) is 31.7 Å². The lowest BCUT2D eigenvalue weighted by molar-refractivity contribution is 0.258. The van der Waals surface area contributed by atoms with E-state index in [1.165, 1.54) is 15.0 Å². The molecule has 1 fully saturated rings. The molecule has 1 saturated heterocycles. The van der Waals surface area contributed by atoms with E-state index in [4.69, 9.17) is 16.5 Å². The van der Waals surface area contributed by atoms with Crippen molar-refractivity contribution in [2.24, 2.45) is 0 Å². The van der Waals surface area contributed by atoms with E-state index in [2.05, 4.69) is 25.1 Å². The van der Waals surface area contributed by atoms with E-state index in [0.29, 0.717) is 12.0 Å². The van der Waals surface area contributed by atoms with Crippen LogP contribution in [0.25, 0.3) is 10.1 Å². The van der Waals surface area contributed by atoms with Gasteiger partial charge in [0.2, 0.25) is 0 Å². The minimum absolute atomic E-state index is 0.451. The number of hydrogen-bond acceptors (Lipinski definition) is 3. The van der Waals surface area contributed by atoms with Crippen LogP contribution in [0, 0.1) is 0 Å². The fraction of sp³-hybridized carbons (Fsp3) is 0.467. The number of methoxy groups -OCH3 is 1. The van der Waals surface area contributed by atoms with Gasteiger partial charge in [-0.1, -0.05) is 6.07 Å². The first-order valence-electron chi connectivity index (χ1n) is 6.68. The second-order valence-electron chi connectivity index (χ2n) is 5.21. The van der Waals surface area contributed by atoms with Crippen LogP contribution in [0.4, 0.5) is 0 Å². The second-order valence-corrected chi connectivity index (χ2v) is 6.76. The largest absolute Gasteiger partial charge is 0.496 e. The molecule has 2 atom stereocenters. The normalized spacial score (nSPS) is 24.8. The molecule has 0 saturated carbocycles. The molecule has 0 N–H and O–H groups in total. The van der Waals surface area contributed by atoms with Gasteiger partial charge in [-0.25, -0.2) is 4.42 Å². The Labute approximate surface area is 123 Å². The number of ether oxygens (including phenoxy) is 1. The Balaban J connectivity index is 1.93. The van der Waals surface area contributed by atoms with Gasteiger partial charge in [0.1, 0.15) is 5.75 Å². The van der Waals surface area contributed by atoms with Gasteiger partial charge in [-0.3, -0.25) is 0 Å². The van der Waals surface area contributed by atoms with Crippen molar-refractivity contribution in [3.8, 4) is 5.75 Å². The van der Waals surface area contributed by atoms with Crippen LogP contribution in [-0.4, -0.2) is 24.1 Å². The lowest BCUT2D eigenvalue weighted by Crippen LogP contribution is -2.32. The van der Waals surface area contributed by atoms with E-state index in [0.717, 1.165) is 25.1 Å². The fourth-order valence-electron chi connectivity index (χ4n) is 2.83.